The van der Waals surface area contributed by atoms with Gasteiger partial charge in [-0.25, -0.2) is 12.7 Å². The molecule has 1 fully saturated rings. The van der Waals surface area contributed by atoms with Crippen molar-refractivity contribution in [3.8, 4) is 0 Å². The summed E-state index contributed by atoms with van der Waals surface area (Å²) in [6.07, 6.45) is 2.96. The molecule has 6 heteroatoms. The van der Waals surface area contributed by atoms with Crippen LogP contribution >= 0.6 is 0 Å². The van der Waals surface area contributed by atoms with Crippen molar-refractivity contribution in [3.05, 3.63) is 0 Å². The number of rotatable bonds is 6. The summed E-state index contributed by atoms with van der Waals surface area (Å²) < 4.78 is 30.0. The van der Waals surface area contributed by atoms with E-state index in [1.54, 1.807) is 7.11 Å². The predicted molar refractivity (Wildman–Crippen MR) is 75.4 cm³/mol. The fourth-order valence-corrected chi connectivity index (χ4v) is 3.81. The number of ether oxygens (including phenoxy) is 1. The smallest absolute Gasteiger partial charge is 0.211 e. The summed E-state index contributed by atoms with van der Waals surface area (Å²) in [4.78, 5) is 0. The van der Waals surface area contributed by atoms with Crippen molar-refractivity contribution in [2.24, 2.45) is 11.8 Å². The molecule has 0 amide bonds. The molecule has 0 saturated carbocycles. The third-order valence-corrected chi connectivity index (χ3v) is 5.10. The van der Waals surface area contributed by atoms with Gasteiger partial charge in [-0.2, -0.15) is 0 Å². The van der Waals surface area contributed by atoms with Gasteiger partial charge in [-0.15, -0.1) is 0 Å². The third-order valence-electron chi connectivity index (χ3n) is 3.83. The number of piperidine rings is 1. The van der Waals surface area contributed by atoms with E-state index in [9.17, 15) is 13.5 Å². The molecule has 0 spiro atoms. The molecule has 0 aromatic heterocycles. The highest BCUT2D eigenvalue weighted by Gasteiger charge is 2.30. The minimum absolute atomic E-state index is 0.186. The first-order valence-electron chi connectivity index (χ1n) is 6.91. The van der Waals surface area contributed by atoms with Crippen LogP contribution in [0.4, 0.5) is 0 Å². The van der Waals surface area contributed by atoms with Crippen molar-refractivity contribution in [1.82, 2.24) is 4.31 Å². The van der Waals surface area contributed by atoms with E-state index < -0.39 is 16.1 Å². The Bertz CT molecular complexity index is 369. The van der Waals surface area contributed by atoms with Gasteiger partial charge >= 0.3 is 0 Å². The van der Waals surface area contributed by atoms with Gasteiger partial charge in [-0.1, -0.05) is 13.8 Å². The number of aliphatic hydroxyl groups is 1. The van der Waals surface area contributed by atoms with E-state index in [1.807, 2.05) is 13.8 Å². The first kappa shape index (κ1) is 16.9. The molecule has 114 valence electrons. The van der Waals surface area contributed by atoms with E-state index in [4.69, 9.17) is 4.74 Å². The highest BCUT2D eigenvalue weighted by molar-refractivity contribution is 7.88. The minimum Gasteiger partial charge on any atom is -0.390 e. The Hall–Kier alpha value is -0.170. The van der Waals surface area contributed by atoms with Gasteiger partial charge < -0.3 is 9.84 Å². The number of aliphatic hydroxyl groups excluding tert-OH is 1. The number of sulfonamides is 1. The average molecular weight is 293 g/mol. The molecule has 0 aromatic carbocycles. The van der Waals surface area contributed by atoms with Crippen LogP contribution in [-0.4, -0.2) is 56.5 Å². The maximum Gasteiger partial charge on any atom is 0.211 e. The second kappa shape index (κ2) is 7.02. The van der Waals surface area contributed by atoms with Gasteiger partial charge in [-0.3, -0.25) is 0 Å². The molecule has 1 N–H and O–H groups in total. The quantitative estimate of drug-likeness (QED) is 0.796. The molecule has 0 aromatic rings. The van der Waals surface area contributed by atoms with Crippen LogP contribution < -0.4 is 0 Å². The first-order chi connectivity index (χ1) is 8.75. The average Bonchev–Trinajstić information content (AvgIpc) is 2.28. The summed E-state index contributed by atoms with van der Waals surface area (Å²) in [7, 11) is -1.51. The number of methoxy groups -OCH3 is 1. The molecule has 0 aliphatic carbocycles. The highest BCUT2D eigenvalue weighted by atomic mass is 32.2. The van der Waals surface area contributed by atoms with Crippen LogP contribution in [-0.2, 0) is 14.8 Å². The summed E-state index contributed by atoms with van der Waals surface area (Å²) in [6, 6.07) is 0. The topological polar surface area (TPSA) is 66.8 Å². The Kier molecular flexibility index (Phi) is 6.23. The van der Waals surface area contributed by atoms with Crippen molar-refractivity contribution in [1.29, 1.82) is 0 Å². The lowest BCUT2D eigenvalue weighted by molar-refractivity contribution is -0.0494. The summed E-state index contributed by atoms with van der Waals surface area (Å²) in [5.41, 5.74) is 0. The molecule has 0 radical (unpaired) electrons. The van der Waals surface area contributed by atoms with Gasteiger partial charge in [-0.05, 0) is 31.1 Å². The van der Waals surface area contributed by atoms with Crippen molar-refractivity contribution in [3.63, 3.8) is 0 Å². The summed E-state index contributed by atoms with van der Waals surface area (Å²) in [5.74, 6) is 0.462. The van der Waals surface area contributed by atoms with Gasteiger partial charge in [0.25, 0.3) is 0 Å². The SMILES string of the molecule is COC(C(C)C)C(O)CC1CCCN(S(C)(=O)=O)C1. The largest absolute Gasteiger partial charge is 0.390 e. The predicted octanol–water partition coefficient (Wildman–Crippen LogP) is 1.08. The summed E-state index contributed by atoms with van der Waals surface area (Å²) in [6.45, 7) is 5.15. The zero-order valence-electron chi connectivity index (χ0n) is 12.4. The first-order valence-corrected chi connectivity index (χ1v) is 8.76. The second-order valence-electron chi connectivity index (χ2n) is 5.88. The molecular weight excluding hydrogens is 266 g/mol. The molecule has 3 atom stereocenters. The van der Waals surface area contributed by atoms with Crippen molar-refractivity contribution in [2.75, 3.05) is 26.5 Å². The Labute approximate surface area is 117 Å². The van der Waals surface area contributed by atoms with Gasteiger partial charge in [0.2, 0.25) is 10.0 Å². The highest BCUT2D eigenvalue weighted by Crippen LogP contribution is 2.25. The maximum atomic E-state index is 11.6. The molecule has 19 heavy (non-hydrogen) atoms. The lowest BCUT2D eigenvalue weighted by Gasteiger charge is -2.34. The fourth-order valence-electron chi connectivity index (χ4n) is 2.87. The van der Waals surface area contributed by atoms with Crippen LogP contribution in [0.2, 0.25) is 0 Å². The zero-order valence-corrected chi connectivity index (χ0v) is 13.2. The van der Waals surface area contributed by atoms with Crippen LogP contribution in [0.5, 0.6) is 0 Å². The van der Waals surface area contributed by atoms with Crippen molar-refractivity contribution < 1.29 is 18.3 Å². The molecule has 5 nitrogen and oxygen atoms in total. The lowest BCUT2D eigenvalue weighted by Crippen LogP contribution is -2.42. The third kappa shape index (κ3) is 5.02. The molecule has 1 heterocycles. The van der Waals surface area contributed by atoms with Gasteiger partial charge in [0, 0.05) is 20.2 Å². The molecule has 1 aliphatic rings. The van der Waals surface area contributed by atoms with E-state index in [0.717, 1.165) is 12.8 Å². The van der Waals surface area contributed by atoms with Crippen LogP contribution in [0.3, 0.4) is 0 Å². The van der Waals surface area contributed by atoms with E-state index in [1.165, 1.54) is 10.6 Å². The monoisotopic (exact) mass is 293 g/mol. The fraction of sp³-hybridized carbons (Fsp3) is 1.00. The van der Waals surface area contributed by atoms with Crippen LogP contribution in [0, 0.1) is 11.8 Å². The van der Waals surface area contributed by atoms with Crippen LogP contribution in [0.1, 0.15) is 33.1 Å². The minimum atomic E-state index is -3.12. The van der Waals surface area contributed by atoms with E-state index in [-0.39, 0.29) is 17.9 Å². The van der Waals surface area contributed by atoms with Crippen LogP contribution in [0.15, 0.2) is 0 Å². The van der Waals surface area contributed by atoms with E-state index in [0.29, 0.717) is 19.5 Å². The Morgan fingerprint density at radius 1 is 1.42 bits per heavy atom. The molecule has 1 aliphatic heterocycles. The number of hydrogen-bond acceptors (Lipinski definition) is 4. The number of hydrogen-bond donors (Lipinski definition) is 1. The van der Waals surface area contributed by atoms with Crippen molar-refractivity contribution in [2.45, 2.75) is 45.3 Å². The molecule has 1 rings (SSSR count). The van der Waals surface area contributed by atoms with E-state index in [2.05, 4.69) is 0 Å². The Balaban J connectivity index is 2.57. The van der Waals surface area contributed by atoms with Gasteiger partial charge in [0.15, 0.2) is 0 Å². The second-order valence-corrected chi connectivity index (χ2v) is 7.86. The lowest BCUT2D eigenvalue weighted by atomic mass is 9.89. The van der Waals surface area contributed by atoms with E-state index >= 15 is 0 Å². The summed E-state index contributed by atoms with van der Waals surface area (Å²) in [5, 5.41) is 10.2. The zero-order chi connectivity index (χ0) is 14.6. The maximum absolute atomic E-state index is 11.6. The van der Waals surface area contributed by atoms with Crippen LogP contribution in [0.25, 0.3) is 0 Å². The Morgan fingerprint density at radius 2 is 2.05 bits per heavy atom. The normalized spacial score (nSPS) is 25.5. The number of nitrogens with zero attached hydrogens (tertiary/aromatic N) is 1. The molecule has 3 unspecified atom stereocenters. The van der Waals surface area contributed by atoms with Gasteiger partial charge in [0.1, 0.15) is 0 Å². The molecule has 1 saturated heterocycles. The van der Waals surface area contributed by atoms with Crippen molar-refractivity contribution >= 4 is 10.0 Å². The molecule has 0 bridgehead atoms. The molecular formula is C13H27NO4S. The van der Waals surface area contributed by atoms with Gasteiger partial charge in [0.05, 0.1) is 18.5 Å². The Morgan fingerprint density at radius 3 is 2.53 bits per heavy atom. The standard InChI is InChI=1S/C13H27NO4S/c1-10(2)13(18-3)12(15)8-11-6-5-7-14(9-11)19(4,16)17/h10-13,15H,5-9H2,1-4H3. The summed E-state index contributed by atoms with van der Waals surface area (Å²) >= 11 is 0.